The summed E-state index contributed by atoms with van der Waals surface area (Å²) in [5.41, 5.74) is 3.90. The van der Waals surface area contributed by atoms with Gasteiger partial charge in [0.25, 0.3) is 0 Å². The van der Waals surface area contributed by atoms with Crippen LogP contribution in [0.2, 0.25) is 5.15 Å². The lowest BCUT2D eigenvalue weighted by molar-refractivity contribution is -0.115. The van der Waals surface area contributed by atoms with Gasteiger partial charge in [-0.1, -0.05) is 40.8 Å². The van der Waals surface area contributed by atoms with Crippen LogP contribution in [0.3, 0.4) is 0 Å². The lowest BCUT2D eigenvalue weighted by atomic mass is 10.1. The van der Waals surface area contributed by atoms with Crippen LogP contribution < -0.4 is 10.6 Å². The Balaban J connectivity index is 1.60. The Kier molecular flexibility index (Phi) is 6.30. The van der Waals surface area contributed by atoms with Crippen LogP contribution in [0.1, 0.15) is 18.1 Å². The highest BCUT2D eigenvalue weighted by atomic mass is 35.5. The van der Waals surface area contributed by atoms with Gasteiger partial charge in [-0.05, 0) is 56.2 Å². The third-order valence-electron chi connectivity index (χ3n) is 3.83. The molecule has 0 aliphatic carbocycles. The Labute approximate surface area is 170 Å². The molecule has 1 atom stereocenters. The van der Waals surface area contributed by atoms with E-state index in [2.05, 4.69) is 51.8 Å². The van der Waals surface area contributed by atoms with Gasteiger partial charge >= 0.3 is 0 Å². The maximum absolute atomic E-state index is 12.4. The van der Waals surface area contributed by atoms with Gasteiger partial charge in [0, 0.05) is 11.9 Å². The smallest absolute Gasteiger partial charge is 0.237 e. The minimum absolute atomic E-state index is 0.172. The second-order valence-electron chi connectivity index (χ2n) is 5.89. The van der Waals surface area contributed by atoms with Crippen LogP contribution >= 0.6 is 34.7 Å². The predicted molar refractivity (Wildman–Crippen MR) is 112 cm³/mol. The summed E-state index contributed by atoms with van der Waals surface area (Å²) < 4.78 is 0.710. The summed E-state index contributed by atoms with van der Waals surface area (Å²) >= 11 is 8.72. The Morgan fingerprint density at radius 3 is 2.78 bits per heavy atom. The van der Waals surface area contributed by atoms with Crippen molar-refractivity contribution < 1.29 is 4.79 Å². The number of hydrogen-bond acceptors (Lipinski definition) is 7. The Hall–Kier alpha value is -2.16. The lowest BCUT2D eigenvalue weighted by Crippen LogP contribution is -2.22. The number of amides is 1. The van der Waals surface area contributed by atoms with E-state index in [1.165, 1.54) is 34.2 Å². The van der Waals surface area contributed by atoms with Gasteiger partial charge in [-0.3, -0.25) is 4.79 Å². The number of carbonyl (C=O) groups excluding carboxylic acids is 1. The minimum atomic E-state index is -0.358. The van der Waals surface area contributed by atoms with Gasteiger partial charge in [0.15, 0.2) is 9.49 Å². The number of hydrogen-bond donors (Lipinski definition) is 2. The molecule has 0 fully saturated rings. The molecule has 2 aromatic heterocycles. The molecule has 140 valence electrons. The zero-order chi connectivity index (χ0) is 19.4. The first kappa shape index (κ1) is 19.6. The zero-order valence-corrected chi connectivity index (χ0v) is 17.4. The number of nitrogens with one attached hydrogen (secondary N) is 2. The highest BCUT2D eigenvalue weighted by Crippen LogP contribution is 2.31. The maximum Gasteiger partial charge on any atom is 0.237 e. The maximum atomic E-state index is 12.4. The molecule has 3 aromatic rings. The normalized spacial score (nSPS) is 11.9. The molecule has 0 saturated heterocycles. The molecule has 2 heterocycles. The molecule has 1 amide bonds. The van der Waals surface area contributed by atoms with Crippen molar-refractivity contribution in [2.45, 2.75) is 30.4 Å². The molecule has 6 nitrogen and oxygen atoms in total. The van der Waals surface area contributed by atoms with Crippen molar-refractivity contribution in [3.05, 3.63) is 52.8 Å². The summed E-state index contributed by atoms with van der Waals surface area (Å²) in [6, 6.07) is 9.56. The molecule has 0 aliphatic heterocycles. The third kappa shape index (κ3) is 5.18. The van der Waals surface area contributed by atoms with Crippen molar-refractivity contribution in [1.29, 1.82) is 0 Å². The van der Waals surface area contributed by atoms with Crippen LogP contribution in [-0.2, 0) is 4.79 Å². The highest BCUT2D eigenvalue weighted by molar-refractivity contribution is 8.02. The minimum Gasteiger partial charge on any atom is -0.330 e. The number of aromatic nitrogens is 3. The predicted octanol–water partition coefficient (Wildman–Crippen LogP) is 5.07. The van der Waals surface area contributed by atoms with Crippen LogP contribution in [-0.4, -0.2) is 26.3 Å². The Bertz CT molecular complexity index is 962. The molecule has 9 heteroatoms. The van der Waals surface area contributed by atoms with Crippen LogP contribution in [0.4, 0.5) is 16.5 Å². The number of halogens is 1. The van der Waals surface area contributed by atoms with E-state index in [0.717, 1.165) is 5.69 Å². The van der Waals surface area contributed by atoms with Crippen molar-refractivity contribution in [2.75, 3.05) is 10.6 Å². The van der Waals surface area contributed by atoms with Crippen LogP contribution in [0.25, 0.3) is 0 Å². The molecule has 1 aromatic carbocycles. The monoisotopic (exact) mass is 419 g/mol. The number of rotatable bonds is 6. The molecular formula is C18H18ClN5OS2. The molecule has 1 unspecified atom stereocenters. The third-order valence-corrected chi connectivity index (χ3v) is 6.15. The first-order chi connectivity index (χ1) is 12.9. The number of pyridine rings is 1. The van der Waals surface area contributed by atoms with E-state index >= 15 is 0 Å². The number of benzene rings is 1. The summed E-state index contributed by atoms with van der Waals surface area (Å²) in [5.74, 6) is -0.172. The van der Waals surface area contributed by atoms with Crippen LogP contribution in [0.15, 0.2) is 40.9 Å². The largest absolute Gasteiger partial charge is 0.330 e. The van der Waals surface area contributed by atoms with Crippen molar-refractivity contribution in [1.82, 2.24) is 15.2 Å². The Morgan fingerprint density at radius 2 is 2.04 bits per heavy atom. The van der Waals surface area contributed by atoms with Gasteiger partial charge < -0.3 is 10.6 Å². The fourth-order valence-corrected chi connectivity index (χ4v) is 4.25. The molecule has 0 radical (unpaired) electrons. The van der Waals surface area contributed by atoms with Gasteiger partial charge in [0.2, 0.25) is 11.0 Å². The quantitative estimate of drug-likeness (QED) is 0.429. The number of aryl methyl sites for hydroxylation is 2. The van der Waals surface area contributed by atoms with E-state index in [4.69, 9.17) is 11.6 Å². The van der Waals surface area contributed by atoms with Crippen LogP contribution in [0.5, 0.6) is 0 Å². The average Bonchev–Trinajstić information content (AvgIpc) is 3.07. The topological polar surface area (TPSA) is 79.8 Å². The first-order valence-electron chi connectivity index (χ1n) is 8.18. The van der Waals surface area contributed by atoms with Crippen molar-refractivity contribution in [2.24, 2.45) is 0 Å². The van der Waals surface area contributed by atoms with E-state index in [-0.39, 0.29) is 16.3 Å². The van der Waals surface area contributed by atoms with Crippen LogP contribution in [0, 0.1) is 13.8 Å². The van der Waals surface area contributed by atoms with E-state index in [1.807, 2.05) is 13.0 Å². The summed E-state index contributed by atoms with van der Waals surface area (Å²) in [6.07, 6.45) is 1.57. The zero-order valence-electron chi connectivity index (χ0n) is 15.0. The fourth-order valence-electron chi connectivity index (χ4n) is 2.17. The van der Waals surface area contributed by atoms with Crippen molar-refractivity contribution in [3.63, 3.8) is 0 Å². The molecule has 2 N–H and O–H groups in total. The molecule has 3 rings (SSSR count). The van der Waals surface area contributed by atoms with Crippen molar-refractivity contribution in [3.8, 4) is 0 Å². The number of nitrogens with zero attached hydrogens (tertiary/aromatic N) is 3. The number of anilines is 3. The molecule has 0 saturated carbocycles. The molecule has 27 heavy (non-hydrogen) atoms. The summed E-state index contributed by atoms with van der Waals surface area (Å²) in [7, 11) is 0. The van der Waals surface area contributed by atoms with E-state index < -0.39 is 0 Å². The summed E-state index contributed by atoms with van der Waals surface area (Å²) in [5, 5.41) is 14.9. The fraction of sp³-hybridized carbons (Fsp3) is 0.222. The summed E-state index contributed by atoms with van der Waals surface area (Å²) in [6.45, 7) is 5.95. The second kappa shape index (κ2) is 8.69. The molecule has 0 aliphatic rings. The second-order valence-corrected chi connectivity index (χ2v) is 8.81. The van der Waals surface area contributed by atoms with Gasteiger partial charge in [-0.2, -0.15) is 0 Å². The van der Waals surface area contributed by atoms with Gasteiger partial charge in [0.1, 0.15) is 0 Å². The molecular weight excluding hydrogens is 402 g/mol. The SMILES string of the molecule is Cc1ccc(Nc2nnc(SC(C)C(=O)Nc3cccnc3Cl)s2)cc1C. The van der Waals surface area contributed by atoms with E-state index in [9.17, 15) is 4.79 Å². The standard InChI is InChI=1S/C18H18ClN5OS2/c1-10-6-7-13(9-11(10)2)21-17-23-24-18(27-17)26-12(3)16(25)22-14-5-4-8-20-15(14)19/h4-9,12H,1-3H3,(H,21,23)(H,22,25). The first-order valence-corrected chi connectivity index (χ1v) is 10.3. The number of thioether (sulfide) groups is 1. The Morgan fingerprint density at radius 1 is 1.22 bits per heavy atom. The van der Waals surface area contributed by atoms with E-state index in [0.29, 0.717) is 15.2 Å². The van der Waals surface area contributed by atoms with E-state index in [1.54, 1.807) is 18.3 Å². The number of carbonyl (C=O) groups is 1. The van der Waals surface area contributed by atoms with Gasteiger partial charge in [-0.25, -0.2) is 4.98 Å². The van der Waals surface area contributed by atoms with Crippen molar-refractivity contribution >= 4 is 57.1 Å². The van der Waals surface area contributed by atoms with Gasteiger partial charge in [-0.15, -0.1) is 10.2 Å². The average molecular weight is 420 g/mol. The van der Waals surface area contributed by atoms with Gasteiger partial charge in [0.05, 0.1) is 10.9 Å². The highest BCUT2D eigenvalue weighted by Gasteiger charge is 2.18. The lowest BCUT2D eigenvalue weighted by Gasteiger charge is -2.10. The summed E-state index contributed by atoms with van der Waals surface area (Å²) in [4.78, 5) is 16.3. The molecule has 0 bridgehead atoms. The molecule has 0 spiro atoms.